The van der Waals surface area contributed by atoms with Gasteiger partial charge in [0.2, 0.25) is 0 Å². The Morgan fingerprint density at radius 1 is 0.848 bits per heavy atom. The maximum Gasteiger partial charge on any atom is 0.259 e. The normalized spacial score (nSPS) is 22.3. The van der Waals surface area contributed by atoms with Crippen LogP contribution in [0.1, 0.15) is 16.8 Å². The molecule has 1 saturated heterocycles. The van der Waals surface area contributed by atoms with Crippen molar-refractivity contribution in [2.45, 2.75) is 13.0 Å². The van der Waals surface area contributed by atoms with E-state index in [2.05, 4.69) is 33.4 Å². The smallest absolute Gasteiger partial charge is 0.259 e. The van der Waals surface area contributed by atoms with Crippen molar-refractivity contribution in [1.29, 1.82) is 0 Å². The van der Waals surface area contributed by atoms with E-state index in [4.69, 9.17) is 0 Å². The van der Waals surface area contributed by atoms with Gasteiger partial charge in [-0.1, -0.05) is 36.4 Å². The SMILES string of the molecule is Cn1cc(C2=C(c3c4n(c5ccccc35)C[C@@H]3CNC[C@@H]3C4)C(=O)NC2=O)c2ccccc21. The van der Waals surface area contributed by atoms with E-state index in [-0.39, 0.29) is 11.8 Å². The lowest BCUT2D eigenvalue weighted by molar-refractivity contribution is -0.122. The van der Waals surface area contributed by atoms with Gasteiger partial charge in [0.1, 0.15) is 0 Å². The molecule has 2 aromatic heterocycles. The number of benzene rings is 2. The third-order valence-electron chi connectivity index (χ3n) is 7.78. The van der Waals surface area contributed by atoms with Crippen molar-refractivity contribution in [2.75, 3.05) is 13.1 Å². The van der Waals surface area contributed by atoms with Crippen LogP contribution in [0.2, 0.25) is 0 Å². The molecule has 5 heterocycles. The van der Waals surface area contributed by atoms with E-state index in [1.165, 1.54) is 5.69 Å². The van der Waals surface area contributed by atoms with Gasteiger partial charge in [0.05, 0.1) is 11.1 Å². The molecule has 2 amide bonds. The predicted molar refractivity (Wildman–Crippen MR) is 128 cm³/mol. The molecule has 6 nitrogen and oxygen atoms in total. The number of hydrogen-bond acceptors (Lipinski definition) is 3. The number of nitrogens with zero attached hydrogens (tertiary/aromatic N) is 2. The zero-order chi connectivity index (χ0) is 22.3. The zero-order valence-corrected chi connectivity index (χ0v) is 18.4. The highest BCUT2D eigenvalue weighted by molar-refractivity contribution is 6.51. The van der Waals surface area contributed by atoms with Crippen LogP contribution in [-0.4, -0.2) is 34.0 Å². The lowest BCUT2D eigenvalue weighted by Crippen LogP contribution is -2.28. The Bertz CT molecular complexity index is 1540. The van der Waals surface area contributed by atoms with Crippen LogP contribution in [0.4, 0.5) is 0 Å². The summed E-state index contributed by atoms with van der Waals surface area (Å²) in [6.45, 7) is 2.99. The first-order chi connectivity index (χ1) is 16.1. The summed E-state index contributed by atoms with van der Waals surface area (Å²) in [6, 6.07) is 16.3. The number of para-hydroxylation sites is 2. The zero-order valence-electron chi connectivity index (χ0n) is 18.4. The summed E-state index contributed by atoms with van der Waals surface area (Å²) < 4.78 is 4.41. The number of aryl methyl sites for hydroxylation is 1. The third-order valence-corrected chi connectivity index (χ3v) is 7.78. The minimum absolute atomic E-state index is 0.297. The number of nitrogens with one attached hydrogen (secondary N) is 2. The second-order valence-corrected chi connectivity index (χ2v) is 9.54. The average Bonchev–Trinajstić information content (AvgIpc) is 3.56. The van der Waals surface area contributed by atoms with Crippen molar-refractivity contribution < 1.29 is 9.59 Å². The van der Waals surface area contributed by atoms with Crippen LogP contribution in [0, 0.1) is 11.8 Å². The van der Waals surface area contributed by atoms with Gasteiger partial charge in [-0.3, -0.25) is 14.9 Å². The van der Waals surface area contributed by atoms with Crippen molar-refractivity contribution in [1.82, 2.24) is 19.8 Å². The first-order valence-electron chi connectivity index (χ1n) is 11.6. The van der Waals surface area contributed by atoms with Crippen LogP contribution in [-0.2, 0) is 29.6 Å². The summed E-state index contributed by atoms with van der Waals surface area (Å²) in [4.78, 5) is 26.6. The van der Waals surface area contributed by atoms with Gasteiger partial charge < -0.3 is 14.5 Å². The Balaban J connectivity index is 1.56. The molecule has 3 aliphatic heterocycles. The topological polar surface area (TPSA) is 68.1 Å². The van der Waals surface area contributed by atoms with Gasteiger partial charge in [-0.25, -0.2) is 0 Å². The Morgan fingerprint density at radius 2 is 1.55 bits per heavy atom. The number of carbonyl (C=O) groups is 2. The maximum absolute atomic E-state index is 13.3. The number of hydrogen-bond donors (Lipinski definition) is 2. The van der Waals surface area contributed by atoms with Crippen molar-refractivity contribution in [3.8, 4) is 0 Å². The molecule has 0 radical (unpaired) electrons. The standard InChI is InChI=1S/C27H24N4O2/c1-30-14-19(17-6-2-4-8-20(17)30)24-25(27(33)29-26(24)32)23-18-7-3-5-9-21(18)31-13-16-12-28-11-15(16)10-22(23)31/h2-9,14-16,28H,10-13H2,1H3,(H,29,32,33)/t15-,16-/m0/s1. The Labute approximate surface area is 190 Å². The molecule has 164 valence electrons. The Morgan fingerprint density at radius 3 is 2.39 bits per heavy atom. The quantitative estimate of drug-likeness (QED) is 0.475. The molecule has 0 saturated carbocycles. The average molecular weight is 437 g/mol. The molecule has 4 aromatic rings. The number of fused-ring (bicyclic) bond motifs is 5. The van der Waals surface area contributed by atoms with E-state index in [1.807, 2.05) is 48.1 Å². The monoisotopic (exact) mass is 436 g/mol. The Hall–Kier alpha value is -3.64. The highest BCUT2D eigenvalue weighted by Gasteiger charge is 2.40. The van der Waals surface area contributed by atoms with E-state index in [0.29, 0.717) is 23.0 Å². The van der Waals surface area contributed by atoms with E-state index >= 15 is 0 Å². The summed E-state index contributed by atoms with van der Waals surface area (Å²) in [6.07, 6.45) is 2.88. The van der Waals surface area contributed by atoms with Gasteiger partial charge in [-0.15, -0.1) is 0 Å². The second kappa shape index (κ2) is 6.68. The molecule has 0 spiro atoms. The van der Waals surface area contributed by atoms with Gasteiger partial charge in [-0.05, 0) is 43.5 Å². The van der Waals surface area contributed by atoms with E-state index < -0.39 is 0 Å². The van der Waals surface area contributed by atoms with E-state index in [9.17, 15) is 9.59 Å². The highest BCUT2D eigenvalue weighted by atomic mass is 16.2. The first-order valence-corrected chi connectivity index (χ1v) is 11.6. The number of aromatic nitrogens is 2. The molecule has 0 aliphatic carbocycles. The van der Waals surface area contributed by atoms with Gasteiger partial charge >= 0.3 is 0 Å². The molecule has 2 aromatic carbocycles. The number of imide groups is 1. The molecule has 3 aliphatic rings. The molecule has 7 rings (SSSR count). The molecule has 0 bridgehead atoms. The van der Waals surface area contributed by atoms with Crippen LogP contribution >= 0.6 is 0 Å². The van der Waals surface area contributed by atoms with Crippen LogP contribution in [0.3, 0.4) is 0 Å². The summed E-state index contributed by atoms with van der Waals surface area (Å²) in [5, 5.41) is 8.19. The van der Waals surface area contributed by atoms with Gasteiger partial charge in [0, 0.05) is 58.4 Å². The number of amides is 2. The van der Waals surface area contributed by atoms with Crippen LogP contribution in [0.25, 0.3) is 33.0 Å². The van der Waals surface area contributed by atoms with Crippen LogP contribution in [0.5, 0.6) is 0 Å². The van der Waals surface area contributed by atoms with Crippen LogP contribution in [0.15, 0.2) is 54.7 Å². The second-order valence-electron chi connectivity index (χ2n) is 9.54. The van der Waals surface area contributed by atoms with E-state index in [0.717, 1.165) is 59.0 Å². The fourth-order valence-corrected chi connectivity index (χ4v) is 6.27. The molecule has 1 fully saturated rings. The van der Waals surface area contributed by atoms with Gasteiger partial charge in [0.15, 0.2) is 0 Å². The fourth-order valence-electron chi connectivity index (χ4n) is 6.27. The number of carbonyl (C=O) groups excluding carboxylic acids is 2. The molecule has 0 unspecified atom stereocenters. The summed E-state index contributed by atoms with van der Waals surface area (Å²) in [7, 11) is 1.98. The summed E-state index contributed by atoms with van der Waals surface area (Å²) >= 11 is 0. The molecular formula is C27H24N4O2. The molecule has 6 heteroatoms. The van der Waals surface area contributed by atoms with Crippen molar-refractivity contribution in [3.63, 3.8) is 0 Å². The summed E-state index contributed by atoms with van der Waals surface area (Å²) in [5.74, 6) is 0.550. The molecule has 2 atom stereocenters. The summed E-state index contributed by atoms with van der Waals surface area (Å²) in [5.41, 5.74) is 6.11. The van der Waals surface area contributed by atoms with Crippen molar-refractivity contribution >= 4 is 44.8 Å². The first kappa shape index (κ1) is 18.9. The third kappa shape index (κ3) is 2.52. The maximum atomic E-state index is 13.3. The minimum atomic E-state index is -0.313. The van der Waals surface area contributed by atoms with Crippen molar-refractivity contribution in [3.05, 3.63) is 71.5 Å². The largest absolute Gasteiger partial charge is 0.350 e. The Kier molecular flexibility index (Phi) is 3.82. The predicted octanol–water partition coefficient (Wildman–Crippen LogP) is 3.09. The van der Waals surface area contributed by atoms with Gasteiger partial charge in [-0.2, -0.15) is 0 Å². The van der Waals surface area contributed by atoms with Crippen molar-refractivity contribution in [2.24, 2.45) is 18.9 Å². The van der Waals surface area contributed by atoms with Gasteiger partial charge in [0.25, 0.3) is 11.8 Å². The molecule has 33 heavy (non-hydrogen) atoms. The fraction of sp³-hybridized carbons (Fsp3) is 0.259. The highest BCUT2D eigenvalue weighted by Crippen LogP contribution is 2.44. The minimum Gasteiger partial charge on any atom is -0.350 e. The lowest BCUT2D eigenvalue weighted by atomic mass is 9.85. The molecular weight excluding hydrogens is 412 g/mol. The van der Waals surface area contributed by atoms with Crippen LogP contribution < -0.4 is 10.6 Å². The van der Waals surface area contributed by atoms with E-state index in [1.54, 1.807) is 0 Å². The number of rotatable bonds is 2. The molecule has 2 N–H and O–H groups in total. The lowest BCUT2D eigenvalue weighted by Gasteiger charge is -2.28.